The summed E-state index contributed by atoms with van der Waals surface area (Å²) in [6, 6.07) is 23.2. The predicted molar refractivity (Wildman–Crippen MR) is 160 cm³/mol. The van der Waals surface area contributed by atoms with Gasteiger partial charge in [-0.15, -0.1) is 10.2 Å². The summed E-state index contributed by atoms with van der Waals surface area (Å²) < 4.78 is 18.3. The van der Waals surface area contributed by atoms with Crippen LogP contribution in [0.3, 0.4) is 0 Å². The lowest BCUT2D eigenvalue weighted by Crippen LogP contribution is -2.51. The van der Waals surface area contributed by atoms with Crippen molar-refractivity contribution >= 4 is 28.4 Å². The quantitative estimate of drug-likeness (QED) is 0.249. The molecule has 0 unspecified atom stereocenters. The fourth-order valence-corrected chi connectivity index (χ4v) is 6.41. The molecule has 1 aliphatic rings. The molecule has 42 heavy (non-hydrogen) atoms. The van der Waals surface area contributed by atoms with Crippen molar-refractivity contribution in [2.24, 2.45) is 0 Å². The van der Waals surface area contributed by atoms with E-state index in [1.807, 2.05) is 24.3 Å². The maximum atomic E-state index is 14.3. The number of rotatable bonds is 5. The Labute approximate surface area is 246 Å². The van der Waals surface area contributed by atoms with Crippen molar-refractivity contribution in [1.82, 2.24) is 29.6 Å². The van der Waals surface area contributed by atoms with Crippen molar-refractivity contribution in [1.29, 1.82) is 0 Å². The molecular weight excluding hydrogens is 551 g/mol. The van der Waals surface area contributed by atoms with Gasteiger partial charge in [0.15, 0.2) is 0 Å². The molecular formula is C33H26ClFN6O. The van der Waals surface area contributed by atoms with E-state index in [0.29, 0.717) is 30.0 Å². The zero-order valence-electron chi connectivity index (χ0n) is 22.8. The zero-order chi connectivity index (χ0) is 28.8. The fourth-order valence-electron chi connectivity index (χ4n) is 6.15. The van der Waals surface area contributed by atoms with Gasteiger partial charge in [-0.1, -0.05) is 53.6 Å². The molecule has 7 rings (SSSR count). The number of benzene rings is 3. The first-order valence-electron chi connectivity index (χ1n) is 13.7. The standard InChI is InChI=1S/C33H26ClFN6O/c1-21-7-10-29-27(13-21)31(22-14-24(35)17-36-16-22)30-11-12-33(18-41(29)30,23-5-3-2-4-6-23)39-32(42)26-9-8-25(15-28(26)34)40-19-37-38-20-40/h2-10,13-17,19-20H,11-12,18H2,1H3,(H,39,42)/t33-/m1/s1. The van der Waals surface area contributed by atoms with Crippen LogP contribution >= 0.6 is 11.6 Å². The number of aryl methyl sites for hydroxylation is 1. The van der Waals surface area contributed by atoms with Crippen molar-refractivity contribution in [3.63, 3.8) is 0 Å². The lowest BCUT2D eigenvalue weighted by Gasteiger charge is -2.40. The van der Waals surface area contributed by atoms with Crippen LogP contribution in [0.5, 0.6) is 0 Å². The van der Waals surface area contributed by atoms with Crippen molar-refractivity contribution < 1.29 is 9.18 Å². The first-order valence-corrected chi connectivity index (χ1v) is 14.0. The minimum absolute atomic E-state index is 0.260. The summed E-state index contributed by atoms with van der Waals surface area (Å²) in [5, 5.41) is 12.4. The number of nitrogens with zero attached hydrogens (tertiary/aromatic N) is 5. The molecule has 0 saturated carbocycles. The van der Waals surface area contributed by atoms with Crippen LogP contribution in [-0.4, -0.2) is 30.2 Å². The number of fused-ring (bicyclic) bond motifs is 3. The van der Waals surface area contributed by atoms with E-state index in [4.69, 9.17) is 11.6 Å². The number of halogens is 2. The van der Waals surface area contributed by atoms with Crippen LogP contribution in [0.15, 0.2) is 97.8 Å². The minimum Gasteiger partial charge on any atom is -0.341 e. The lowest BCUT2D eigenvalue weighted by molar-refractivity contribution is 0.0868. The molecule has 3 aromatic heterocycles. The molecule has 0 spiro atoms. The zero-order valence-corrected chi connectivity index (χ0v) is 23.5. The maximum Gasteiger partial charge on any atom is 0.253 e. The van der Waals surface area contributed by atoms with Crippen molar-refractivity contribution in [3.8, 4) is 16.8 Å². The molecule has 3 aromatic carbocycles. The van der Waals surface area contributed by atoms with E-state index in [1.54, 1.807) is 35.6 Å². The number of hydrogen-bond donors (Lipinski definition) is 1. The van der Waals surface area contributed by atoms with Crippen LogP contribution in [0.1, 0.15) is 33.6 Å². The first kappa shape index (κ1) is 26.1. The van der Waals surface area contributed by atoms with E-state index < -0.39 is 5.54 Å². The summed E-state index contributed by atoms with van der Waals surface area (Å²) in [4.78, 5) is 18.0. The number of nitrogens with one attached hydrogen (secondary N) is 1. The highest BCUT2D eigenvalue weighted by molar-refractivity contribution is 6.34. The molecule has 1 N–H and O–H groups in total. The Morgan fingerprint density at radius 3 is 2.57 bits per heavy atom. The van der Waals surface area contributed by atoms with E-state index in [9.17, 15) is 9.18 Å². The van der Waals surface area contributed by atoms with E-state index in [1.165, 1.54) is 12.3 Å². The maximum absolute atomic E-state index is 14.3. The molecule has 1 amide bonds. The Bertz CT molecular complexity index is 1950. The molecule has 0 aliphatic carbocycles. The molecule has 208 valence electrons. The highest BCUT2D eigenvalue weighted by Gasteiger charge is 2.40. The Balaban J connectivity index is 1.33. The highest BCUT2D eigenvalue weighted by Crippen LogP contribution is 2.43. The van der Waals surface area contributed by atoms with Crippen molar-refractivity contribution in [2.45, 2.75) is 31.8 Å². The lowest BCUT2D eigenvalue weighted by atomic mass is 9.81. The number of carbonyl (C=O) groups is 1. The second-order valence-electron chi connectivity index (χ2n) is 10.8. The molecule has 0 fully saturated rings. The molecule has 6 aromatic rings. The average Bonchev–Trinajstić information content (AvgIpc) is 3.64. The highest BCUT2D eigenvalue weighted by atomic mass is 35.5. The largest absolute Gasteiger partial charge is 0.341 e. The van der Waals surface area contributed by atoms with Gasteiger partial charge in [0.1, 0.15) is 18.5 Å². The van der Waals surface area contributed by atoms with Gasteiger partial charge in [0.05, 0.1) is 28.9 Å². The van der Waals surface area contributed by atoms with E-state index in [0.717, 1.165) is 44.5 Å². The van der Waals surface area contributed by atoms with Gasteiger partial charge in [-0.05, 0) is 61.7 Å². The predicted octanol–water partition coefficient (Wildman–Crippen LogP) is 6.66. The van der Waals surface area contributed by atoms with E-state index in [2.05, 4.69) is 62.3 Å². The fraction of sp³-hybridized carbons (Fsp3) is 0.152. The second kappa shape index (κ2) is 10.2. The van der Waals surface area contributed by atoms with Gasteiger partial charge in [-0.25, -0.2) is 4.39 Å². The van der Waals surface area contributed by atoms with E-state index in [-0.39, 0.29) is 11.7 Å². The second-order valence-corrected chi connectivity index (χ2v) is 11.2. The molecule has 0 radical (unpaired) electrons. The van der Waals surface area contributed by atoms with Crippen LogP contribution < -0.4 is 5.32 Å². The third-order valence-electron chi connectivity index (χ3n) is 8.13. The van der Waals surface area contributed by atoms with Crippen LogP contribution in [0.2, 0.25) is 5.02 Å². The van der Waals surface area contributed by atoms with Gasteiger partial charge in [0, 0.05) is 39.6 Å². The van der Waals surface area contributed by atoms with Gasteiger partial charge in [0.25, 0.3) is 5.91 Å². The van der Waals surface area contributed by atoms with Crippen molar-refractivity contribution in [3.05, 3.63) is 131 Å². The third kappa shape index (κ3) is 4.44. The first-order chi connectivity index (χ1) is 20.4. The summed E-state index contributed by atoms with van der Waals surface area (Å²) in [5.41, 5.74) is 6.41. The summed E-state index contributed by atoms with van der Waals surface area (Å²) >= 11 is 6.65. The van der Waals surface area contributed by atoms with E-state index >= 15 is 0 Å². The van der Waals surface area contributed by atoms with Gasteiger partial charge in [-0.3, -0.25) is 14.3 Å². The van der Waals surface area contributed by atoms with Crippen LogP contribution in [0, 0.1) is 12.7 Å². The summed E-state index contributed by atoms with van der Waals surface area (Å²) in [6.07, 6.45) is 7.39. The Hall–Kier alpha value is -4.82. The van der Waals surface area contributed by atoms with Gasteiger partial charge >= 0.3 is 0 Å². The van der Waals surface area contributed by atoms with Crippen LogP contribution in [0.4, 0.5) is 4.39 Å². The van der Waals surface area contributed by atoms with Gasteiger partial charge < -0.3 is 9.88 Å². The number of amides is 1. The summed E-state index contributed by atoms with van der Waals surface area (Å²) in [6.45, 7) is 2.55. The SMILES string of the molecule is Cc1ccc2c(c1)c(-c1cncc(F)c1)c1n2C[C@@](NC(=O)c2ccc(-n3cnnc3)cc2Cl)(c2ccccc2)CC1. The Morgan fingerprint density at radius 1 is 1.00 bits per heavy atom. The topological polar surface area (TPSA) is 77.6 Å². The van der Waals surface area contributed by atoms with Crippen molar-refractivity contribution in [2.75, 3.05) is 0 Å². The normalized spacial score (nSPS) is 16.4. The Kier molecular flexibility index (Phi) is 6.35. The Morgan fingerprint density at radius 2 is 1.81 bits per heavy atom. The molecule has 1 aliphatic heterocycles. The number of carbonyl (C=O) groups excluding carboxylic acids is 1. The monoisotopic (exact) mass is 576 g/mol. The molecule has 0 bridgehead atoms. The third-order valence-corrected chi connectivity index (χ3v) is 8.44. The minimum atomic E-state index is -0.712. The molecule has 7 nitrogen and oxygen atoms in total. The van der Waals surface area contributed by atoms with Gasteiger partial charge in [0.2, 0.25) is 0 Å². The molecule has 1 atom stereocenters. The molecule has 9 heteroatoms. The van der Waals surface area contributed by atoms with Crippen LogP contribution in [0.25, 0.3) is 27.7 Å². The van der Waals surface area contributed by atoms with Gasteiger partial charge in [-0.2, -0.15) is 0 Å². The number of aromatic nitrogens is 5. The average molecular weight is 577 g/mol. The summed E-state index contributed by atoms with van der Waals surface area (Å²) in [5.74, 6) is -0.633. The number of pyridine rings is 1. The van der Waals surface area contributed by atoms with Crippen LogP contribution in [-0.2, 0) is 18.5 Å². The molecule has 0 saturated heterocycles. The summed E-state index contributed by atoms with van der Waals surface area (Å²) in [7, 11) is 0. The number of hydrogen-bond acceptors (Lipinski definition) is 4. The smallest absolute Gasteiger partial charge is 0.253 e. The molecule has 4 heterocycles.